The molecule has 0 aromatic carbocycles. The number of esters is 1. The first kappa shape index (κ1) is 13.4. The van der Waals surface area contributed by atoms with Gasteiger partial charge in [-0.1, -0.05) is 6.58 Å². The first-order valence-electron chi connectivity index (χ1n) is 4.57. The molecule has 0 radical (unpaired) electrons. The van der Waals surface area contributed by atoms with Crippen LogP contribution in [-0.4, -0.2) is 42.8 Å². The molecular formula is C10H15NO4. The first-order chi connectivity index (χ1) is 7.02. The minimum Gasteiger partial charge on any atom is -0.463 e. The van der Waals surface area contributed by atoms with Crippen LogP contribution in [0.2, 0.25) is 0 Å². The number of hydrogen-bond donors (Lipinski definition) is 0. The van der Waals surface area contributed by atoms with Crippen LogP contribution in [0.15, 0.2) is 12.2 Å². The van der Waals surface area contributed by atoms with Gasteiger partial charge in [0.15, 0.2) is 0 Å². The molecule has 15 heavy (non-hydrogen) atoms. The Balaban J connectivity index is 4.28. The number of aldehydes is 1. The lowest BCUT2D eigenvalue weighted by atomic mass is 10.3. The lowest BCUT2D eigenvalue weighted by Crippen LogP contribution is -2.34. The van der Waals surface area contributed by atoms with Gasteiger partial charge in [0.25, 0.3) is 0 Å². The summed E-state index contributed by atoms with van der Waals surface area (Å²) < 4.78 is 4.70. The summed E-state index contributed by atoms with van der Waals surface area (Å²) in [6, 6.07) is 0. The molecule has 84 valence electrons. The summed E-state index contributed by atoms with van der Waals surface area (Å²) in [4.78, 5) is 33.7. The minimum absolute atomic E-state index is 0.0207. The molecule has 5 nitrogen and oxygen atoms in total. The van der Waals surface area contributed by atoms with E-state index in [9.17, 15) is 14.4 Å². The minimum atomic E-state index is -0.547. The zero-order chi connectivity index (χ0) is 11.8. The Morgan fingerprint density at radius 2 is 2.07 bits per heavy atom. The van der Waals surface area contributed by atoms with Crippen molar-refractivity contribution in [3.8, 4) is 0 Å². The standard InChI is InChI=1S/C10H15NO4/c1-4-15-10(14)8(2)7-11(5-6-12)9(3)13/h6H,2,4-5,7H2,1,3H3. The van der Waals surface area contributed by atoms with Crippen molar-refractivity contribution in [1.29, 1.82) is 0 Å². The average Bonchev–Trinajstić information content (AvgIpc) is 2.17. The molecule has 0 saturated heterocycles. The number of hydrogen-bond acceptors (Lipinski definition) is 4. The normalized spacial score (nSPS) is 9.20. The highest BCUT2D eigenvalue weighted by Crippen LogP contribution is 1.99. The van der Waals surface area contributed by atoms with Crippen LogP contribution in [0.5, 0.6) is 0 Å². The molecular weight excluding hydrogens is 198 g/mol. The number of nitrogens with zero attached hydrogens (tertiary/aromatic N) is 1. The molecule has 0 aliphatic rings. The van der Waals surface area contributed by atoms with E-state index in [1.54, 1.807) is 6.92 Å². The topological polar surface area (TPSA) is 63.7 Å². The van der Waals surface area contributed by atoms with Gasteiger partial charge in [0.1, 0.15) is 6.29 Å². The van der Waals surface area contributed by atoms with Gasteiger partial charge in [-0.15, -0.1) is 0 Å². The van der Waals surface area contributed by atoms with Crippen LogP contribution in [0, 0.1) is 0 Å². The van der Waals surface area contributed by atoms with Crippen LogP contribution >= 0.6 is 0 Å². The van der Waals surface area contributed by atoms with Gasteiger partial charge >= 0.3 is 5.97 Å². The molecule has 0 aromatic rings. The maximum absolute atomic E-state index is 11.2. The van der Waals surface area contributed by atoms with Crippen molar-refractivity contribution in [3.05, 3.63) is 12.2 Å². The lowest BCUT2D eigenvalue weighted by Gasteiger charge is -2.18. The van der Waals surface area contributed by atoms with E-state index < -0.39 is 5.97 Å². The molecule has 0 spiro atoms. The van der Waals surface area contributed by atoms with E-state index in [4.69, 9.17) is 4.74 Å². The second-order valence-electron chi connectivity index (χ2n) is 2.89. The Morgan fingerprint density at radius 1 is 1.47 bits per heavy atom. The summed E-state index contributed by atoms with van der Waals surface area (Å²) in [6.07, 6.45) is 0.597. The summed E-state index contributed by atoms with van der Waals surface area (Å²) in [5.74, 6) is -0.831. The van der Waals surface area contributed by atoms with E-state index in [1.165, 1.54) is 11.8 Å². The highest BCUT2D eigenvalue weighted by molar-refractivity contribution is 5.89. The summed E-state index contributed by atoms with van der Waals surface area (Å²) in [5, 5.41) is 0. The van der Waals surface area contributed by atoms with E-state index >= 15 is 0 Å². The molecule has 0 heterocycles. The molecule has 0 rings (SSSR count). The molecule has 0 aliphatic carbocycles. The van der Waals surface area contributed by atoms with Crippen molar-refractivity contribution in [3.63, 3.8) is 0 Å². The number of ether oxygens (including phenoxy) is 1. The van der Waals surface area contributed by atoms with Crippen LogP contribution in [-0.2, 0) is 19.1 Å². The fourth-order valence-electron chi connectivity index (χ4n) is 0.923. The number of rotatable bonds is 6. The molecule has 0 N–H and O–H groups in total. The number of carbonyl (C=O) groups is 3. The van der Waals surface area contributed by atoms with Crippen LogP contribution in [0.3, 0.4) is 0 Å². The van der Waals surface area contributed by atoms with Crippen molar-refractivity contribution in [2.24, 2.45) is 0 Å². The van der Waals surface area contributed by atoms with Crippen molar-refractivity contribution in [1.82, 2.24) is 4.90 Å². The summed E-state index contributed by atoms with van der Waals surface area (Å²) in [7, 11) is 0. The Hall–Kier alpha value is -1.65. The Labute approximate surface area is 88.7 Å². The molecule has 0 aromatic heterocycles. The van der Waals surface area contributed by atoms with E-state index in [-0.39, 0.29) is 31.2 Å². The maximum atomic E-state index is 11.2. The van der Waals surface area contributed by atoms with Gasteiger partial charge in [-0.25, -0.2) is 4.79 Å². The molecule has 5 heteroatoms. The zero-order valence-electron chi connectivity index (χ0n) is 8.99. The summed E-state index contributed by atoms with van der Waals surface area (Å²) >= 11 is 0. The van der Waals surface area contributed by atoms with Gasteiger partial charge in [-0.2, -0.15) is 0 Å². The van der Waals surface area contributed by atoms with Crippen LogP contribution < -0.4 is 0 Å². The predicted octanol–water partition coefficient (Wildman–Crippen LogP) is 0.153. The third-order valence-corrected chi connectivity index (χ3v) is 1.69. The van der Waals surface area contributed by atoms with Gasteiger partial charge in [0, 0.05) is 12.5 Å². The van der Waals surface area contributed by atoms with Crippen LogP contribution in [0.4, 0.5) is 0 Å². The van der Waals surface area contributed by atoms with E-state index in [2.05, 4.69) is 6.58 Å². The predicted molar refractivity (Wildman–Crippen MR) is 54.1 cm³/mol. The summed E-state index contributed by atoms with van der Waals surface area (Å²) in [5.41, 5.74) is 0.161. The van der Waals surface area contributed by atoms with Gasteiger partial charge in [0.05, 0.1) is 19.7 Å². The van der Waals surface area contributed by atoms with Gasteiger partial charge in [-0.05, 0) is 6.92 Å². The van der Waals surface area contributed by atoms with E-state index in [0.29, 0.717) is 6.29 Å². The zero-order valence-corrected chi connectivity index (χ0v) is 8.99. The highest BCUT2D eigenvalue weighted by atomic mass is 16.5. The van der Waals surface area contributed by atoms with Crippen molar-refractivity contribution < 1.29 is 19.1 Å². The quantitative estimate of drug-likeness (QED) is 0.358. The Morgan fingerprint density at radius 3 is 2.47 bits per heavy atom. The van der Waals surface area contributed by atoms with Gasteiger partial charge in [-0.3, -0.25) is 4.79 Å². The van der Waals surface area contributed by atoms with Gasteiger partial charge in [0.2, 0.25) is 5.91 Å². The maximum Gasteiger partial charge on any atom is 0.335 e. The second kappa shape index (κ2) is 6.75. The highest BCUT2D eigenvalue weighted by Gasteiger charge is 2.14. The van der Waals surface area contributed by atoms with Crippen molar-refractivity contribution in [2.75, 3.05) is 19.7 Å². The smallest absolute Gasteiger partial charge is 0.335 e. The van der Waals surface area contributed by atoms with E-state index in [1.807, 2.05) is 0 Å². The lowest BCUT2D eigenvalue weighted by molar-refractivity contribution is -0.139. The fourth-order valence-corrected chi connectivity index (χ4v) is 0.923. The molecule has 0 bridgehead atoms. The summed E-state index contributed by atoms with van der Waals surface area (Å²) in [6.45, 7) is 6.72. The van der Waals surface area contributed by atoms with Crippen LogP contribution in [0.1, 0.15) is 13.8 Å². The van der Waals surface area contributed by atoms with Gasteiger partial charge < -0.3 is 14.4 Å². The molecule has 0 saturated carbocycles. The third kappa shape index (κ3) is 4.95. The Bertz CT molecular complexity index is 273. The fraction of sp³-hybridized carbons (Fsp3) is 0.500. The second-order valence-corrected chi connectivity index (χ2v) is 2.89. The monoisotopic (exact) mass is 213 g/mol. The van der Waals surface area contributed by atoms with Crippen LogP contribution in [0.25, 0.3) is 0 Å². The number of carbonyl (C=O) groups excluding carboxylic acids is 3. The Kier molecular flexibility index (Phi) is 6.01. The average molecular weight is 213 g/mol. The molecule has 0 fully saturated rings. The van der Waals surface area contributed by atoms with Crippen molar-refractivity contribution >= 4 is 18.2 Å². The largest absolute Gasteiger partial charge is 0.463 e. The molecule has 0 unspecified atom stereocenters. The van der Waals surface area contributed by atoms with E-state index in [0.717, 1.165) is 0 Å². The third-order valence-electron chi connectivity index (χ3n) is 1.69. The first-order valence-corrected chi connectivity index (χ1v) is 4.57. The number of amides is 1. The SMILES string of the molecule is C=C(CN(CC=O)C(C)=O)C(=O)OCC. The molecule has 0 aliphatic heterocycles. The van der Waals surface area contributed by atoms with Crippen molar-refractivity contribution in [2.45, 2.75) is 13.8 Å². The molecule has 1 amide bonds. The molecule has 0 atom stereocenters.